The minimum Gasteiger partial charge on any atom is -0.302 e. The second kappa shape index (κ2) is 3.61. The zero-order valence-electron chi connectivity index (χ0n) is 4.95. The summed E-state index contributed by atoms with van der Waals surface area (Å²) in [6.45, 7) is 0. The third kappa shape index (κ3) is 3.80. The summed E-state index contributed by atoms with van der Waals surface area (Å²) in [4.78, 5) is 16.5. The summed E-state index contributed by atoms with van der Waals surface area (Å²) in [5.74, 6) is 0. The number of nitrogens with zero attached hydrogens (tertiary/aromatic N) is 2. The molecule has 0 unspecified atom stereocenters. The highest BCUT2D eigenvalue weighted by atomic mass is 32.2. The molecule has 0 aliphatic rings. The molecule has 11 heavy (non-hydrogen) atoms. The average molecular weight is 214 g/mol. The first-order chi connectivity index (χ1) is 5.08. The van der Waals surface area contributed by atoms with Gasteiger partial charge >= 0.3 is 7.82 Å². The van der Waals surface area contributed by atoms with E-state index in [1.807, 2.05) is 0 Å². The van der Waals surface area contributed by atoms with E-state index in [-0.39, 0.29) is 0 Å². The van der Waals surface area contributed by atoms with Gasteiger partial charge in [-0.1, -0.05) is 11.3 Å². The molecule has 9 heteroatoms. The molecular weight excluding hydrogens is 211 g/mol. The van der Waals surface area contributed by atoms with Gasteiger partial charge in [0, 0.05) is 0 Å². The van der Waals surface area contributed by atoms with Crippen LogP contribution in [-0.4, -0.2) is 20.0 Å². The van der Waals surface area contributed by atoms with Crippen molar-refractivity contribution < 1.29 is 18.3 Å². The van der Waals surface area contributed by atoms with Crippen LogP contribution in [0.2, 0.25) is 0 Å². The smallest absolute Gasteiger partial charge is 0.302 e. The third-order valence-electron chi connectivity index (χ3n) is 0.546. The van der Waals surface area contributed by atoms with E-state index in [9.17, 15) is 4.57 Å². The van der Waals surface area contributed by atoms with Crippen molar-refractivity contribution in [3.05, 3.63) is 5.51 Å². The Labute approximate surface area is 70.1 Å². The molecule has 0 aliphatic carbocycles. The minimum absolute atomic E-state index is 0.355. The Morgan fingerprint density at radius 1 is 1.73 bits per heavy atom. The molecule has 2 N–H and O–H groups in total. The van der Waals surface area contributed by atoms with Crippen molar-refractivity contribution in [3.8, 4) is 0 Å². The van der Waals surface area contributed by atoms with Crippen molar-refractivity contribution in [3.63, 3.8) is 0 Å². The zero-order valence-corrected chi connectivity index (χ0v) is 7.47. The Balaban J connectivity index is 2.41. The molecule has 0 bridgehead atoms. The second-order valence-corrected chi connectivity index (χ2v) is 4.58. The maximum atomic E-state index is 10.1. The zero-order chi connectivity index (χ0) is 8.32. The lowest BCUT2D eigenvalue weighted by Gasteiger charge is -1.98. The molecule has 1 heterocycles. The lowest BCUT2D eigenvalue weighted by molar-refractivity contribution is 0.298. The highest BCUT2D eigenvalue weighted by Gasteiger charge is 2.16. The maximum Gasteiger partial charge on any atom is 0.481 e. The standard InChI is InChI=1S/C2H3N2O4PS2/c5-9(6,7)8-11-2-4-3-1-10-2/h1H,(H2,5,6,7). The molecule has 0 saturated heterocycles. The van der Waals surface area contributed by atoms with Crippen LogP contribution in [0.3, 0.4) is 0 Å². The maximum absolute atomic E-state index is 10.1. The van der Waals surface area contributed by atoms with Gasteiger partial charge < -0.3 is 9.79 Å². The van der Waals surface area contributed by atoms with E-state index in [1.165, 1.54) is 5.51 Å². The first-order valence-corrected chi connectivity index (χ1v) is 5.41. The van der Waals surface area contributed by atoms with Crippen molar-refractivity contribution in [2.75, 3.05) is 0 Å². The van der Waals surface area contributed by atoms with E-state index in [0.717, 1.165) is 11.3 Å². The van der Waals surface area contributed by atoms with Gasteiger partial charge in [0.25, 0.3) is 0 Å². The molecule has 0 aromatic carbocycles. The molecule has 0 amide bonds. The molecule has 0 aliphatic heterocycles. The summed E-state index contributed by atoms with van der Waals surface area (Å²) in [5.41, 5.74) is 1.44. The van der Waals surface area contributed by atoms with E-state index in [0.29, 0.717) is 16.4 Å². The molecule has 0 saturated carbocycles. The fourth-order valence-corrected chi connectivity index (χ4v) is 1.84. The lowest BCUT2D eigenvalue weighted by atomic mass is 11.6. The van der Waals surface area contributed by atoms with E-state index < -0.39 is 7.82 Å². The fraction of sp³-hybridized carbons (Fsp3) is 0. The Kier molecular flexibility index (Phi) is 2.99. The van der Waals surface area contributed by atoms with Gasteiger partial charge in [0.2, 0.25) is 4.34 Å². The third-order valence-corrected chi connectivity index (χ3v) is 2.82. The molecule has 1 aromatic heterocycles. The second-order valence-electron chi connectivity index (χ2n) is 1.35. The van der Waals surface area contributed by atoms with E-state index in [2.05, 4.69) is 14.2 Å². The van der Waals surface area contributed by atoms with Gasteiger partial charge in [-0.3, -0.25) is 0 Å². The SMILES string of the molecule is O=P(O)(O)OSc1nncs1. The molecule has 1 rings (SSSR count). The van der Waals surface area contributed by atoms with Crippen LogP contribution in [0.5, 0.6) is 0 Å². The van der Waals surface area contributed by atoms with Crippen LogP contribution in [0.25, 0.3) is 0 Å². The quantitative estimate of drug-likeness (QED) is 0.563. The molecule has 0 atom stereocenters. The predicted octanol–water partition coefficient (Wildman–Crippen LogP) is 0.654. The highest BCUT2D eigenvalue weighted by molar-refractivity contribution is 7.99. The molecule has 0 spiro atoms. The van der Waals surface area contributed by atoms with E-state index in [1.54, 1.807) is 0 Å². The largest absolute Gasteiger partial charge is 0.481 e. The summed E-state index contributed by atoms with van der Waals surface area (Å²) in [6, 6.07) is 0. The van der Waals surface area contributed by atoms with Gasteiger partial charge in [-0.25, -0.2) is 8.54 Å². The summed E-state index contributed by atoms with van der Waals surface area (Å²) in [5, 5.41) is 6.92. The summed E-state index contributed by atoms with van der Waals surface area (Å²) < 4.78 is 14.6. The van der Waals surface area contributed by atoms with Crippen LogP contribution in [-0.2, 0) is 8.54 Å². The van der Waals surface area contributed by atoms with Crippen LogP contribution in [0.1, 0.15) is 0 Å². The Morgan fingerprint density at radius 2 is 2.45 bits per heavy atom. The number of phosphoric acid groups is 1. The van der Waals surface area contributed by atoms with Gasteiger partial charge in [0.05, 0.1) is 12.0 Å². The number of aromatic nitrogens is 2. The summed E-state index contributed by atoms with van der Waals surface area (Å²) in [6.07, 6.45) is 0. The number of hydrogen-bond donors (Lipinski definition) is 2. The monoisotopic (exact) mass is 214 g/mol. The first kappa shape index (κ1) is 9.11. The molecule has 0 radical (unpaired) electrons. The van der Waals surface area contributed by atoms with Gasteiger partial charge in [-0.2, -0.15) is 0 Å². The highest BCUT2D eigenvalue weighted by Crippen LogP contribution is 2.43. The van der Waals surface area contributed by atoms with Gasteiger partial charge in [-0.15, -0.1) is 10.2 Å². The van der Waals surface area contributed by atoms with Gasteiger partial charge in [0.15, 0.2) is 0 Å². The molecule has 0 fully saturated rings. The summed E-state index contributed by atoms with van der Waals surface area (Å²) >= 11 is 1.65. The topological polar surface area (TPSA) is 92.5 Å². The van der Waals surface area contributed by atoms with Crippen LogP contribution in [0.4, 0.5) is 0 Å². The van der Waals surface area contributed by atoms with Crippen LogP contribution in [0, 0.1) is 0 Å². The Morgan fingerprint density at radius 3 is 2.91 bits per heavy atom. The van der Waals surface area contributed by atoms with Crippen molar-refractivity contribution in [2.45, 2.75) is 4.34 Å². The minimum atomic E-state index is -4.40. The van der Waals surface area contributed by atoms with Crippen molar-refractivity contribution in [1.29, 1.82) is 0 Å². The van der Waals surface area contributed by atoms with Crippen molar-refractivity contribution in [2.24, 2.45) is 0 Å². The Bertz CT molecular complexity index is 257. The van der Waals surface area contributed by atoms with Crippen molar-refractivity contribution >= 4 is 31.2 Å². The van der Waals surface area contributed by atoms with E-state index in [4.69, 9.17) is 9.79 Å². The number of hydrogen-bond acceptors (Lipinski definition) is 6. The van der Waals surface area contributed by atoms with Gasteiger partial charge in [-0.05, 0) is 0 Å². The predicted molar refractivity (Wildman–Crippen MR) is 38.9 cm³/mol. The molecule has 62 valence electrons. The summed E-state index contributed by atoms with van der Waals surface area (Å²) in [7, 11) is -4.40. The Hall–Kier alpha value is 0.0200. The van der Waals surface area contributed by atoms with Crippen LogP contribution < -0.4 is 0 Å². The van der Waals surface area contributed by atoms with Crippen molar-refractivity contribution in [1.82, 2.24) is 10.2 Å². The molecule has 1 aromatic rings. The normalized spacial score (nSPS) is 11.8. The van der Waals surface area contributed by atoms with Gasteiger partial charge in [0.1, 0.15) is 5.51 Å². The van der Waals surface area contributed by atoms with E-state index >= 15 is 0 Å². The van der Waals surface area contributed by atoms with Crippen LogP contribution >= 0.6 is 31.2 Å². The van der Waals surface area contributed by atoms with Crippen LogP contribution in [0.15, 0.2) is 9.85 Å². The lowest BCUT2D eigenvalue weighted by Crippen LogP contribution is -1.77. The molecule has 6 nitrogen and oxygen atoms in total. The number of rotatable bonds is 3. The first-order valence-electron chi connectivity index (χ1n) is 2.26. The average Bonchev–Trinajstić information content (AvgIpc) is 2.32. The molecular formula is C2H3N2O4PS2. The fourth-order valence-electron chi connectivity index (χ4n) is 0.280.